The zero-order chi connectivity index (χ0) is 11.3. The van der Waals surface area contributed by atoms with Gasteiger partial charge in [0.1, 0.15) is 5.54 Å². The summed E-state index contributed by atoms with van der Waals surface area (Å²) >= 11 is 1.75. The molecule has 1 saturated heterocycles. The lowest BCUT2D eigenvalue weighted by Crippen LogP contribution is -2.56. The summed E-state index contributed by atoms with van der Waals surface area (Å²) in [5, 5.41) is 14.5. The van der Waals surface area contributed by atoms with Crippen molar-refractivity contribution in [1.82, 2.24) is 10.6 Å². The van der Waals surface area contributed by atoms with Gasteiger partial charge < -0.3 is 10.4 Å². The number of carboxylic acids is 1. The van der Waals surface area contributed by atoms with Crippen LogP contribution in [-0.2, 0) is 9.59 Å². The molecule has 0 aromatic heterocycles. The van der Waals surface area contributed by atoms with Gasteiger partial charge in [-0.2, -0.15) is 11.8 Å². The van der Waals surface area contributed by atoms with E-state index >= 15 is 0 Å². The molecule has 1 amide bonds. The summed E-state index contributed by atoms with van der Waals surface area (Å²) in [6.07, 6.45) is 1.15. The van der Waals surface area contributed by atoms with Crippen molar-refractivity contribution in [2.45, 2.75) is 18.4 Å². The first kappa shape index (κ1) is 12.3. The summed E-state index contributed by atoms with van der Waals surface area (Å²) in [5.41, 5.74) is -0.905. The van der Waals surface area contributed by atoms with E-state index in [0.717, 1.165) is 11.5 Å². The van der Waals surface area contributed by atoms with Gasteiger partial charge in [-0.25, -0.2) is 0 Å². The first-order valence-electron chi connectivity index (χ1n) is 4.87. The van der Waals surface area contributed by atoms with Crippen LogP contribution in [0.1, 0.15) is 12.8 Å². The lowest BCUT2D eigenvalue weighted by atomic mass is 9.92. The zero-order valence-corrected chi connectivity index (χ0v) is 9.52. The van der Waals surface area contributed by atoms with Gasteiger partial charge in [-0.1, -0.05) is 0 Å². The highest BCUT2D eigenvalue weighted by molar-refractivity contribution is 7.99. The molecule has 1 aliphatic heterocycles. The molecular formula is C9H16N2O3S. The third-order valence-electron chi connectivity index (χ3n) is 2.62. The highest BCUT2D eigenvalue weighted by Gasteiger charge is 2.39. The van der Waals surface area contributed by atoms with Crippen LogP contribution in [-0.4, -0.2) is 47.6 Å². The second kappa shape index (κ2) is 5.37. The minimum absolute atomic E-state index is 0.0630. The third kappa shape index (κ3) is 3.10. The van der Waals surface area contributed by atoms with E-state index in [0.29, 0.717) is 12.8 Å². The summed E-state index contributed by atoms with van der Waals surface area (Å²) < 4.78 is 0. The SMILES string of the molecule is CNC(=O)CNC1(C(=O)O)CCSCC1. The van der Waals surface area contributed by atoms with Gasteiger partial charge in [-0.05, 0) is 24.3 Å². The number of likely N-dealkylation sites (N-methyl/N-ethyl adjacent to an activating group) is 1. The molecule has 0 spiro atoms. The minimum atomic E-state index is -0.905. The lowest BCUT2D eigenvalue weighted by molar-refractivity contribution is -0.145. The molecule has 0 atom stereocenters. The van der Waals surface area contributed by atoms with E-state index in [-0.39, 0.29) is 12.5 Å². The van der Waals surface area contributed by atoms with Gasteiger partial charge in [0.25, 0.3) is 0 Å². The Morgan fingerprint density at radius 2 is 2.00 bits per heavy atom. The van der Waals surface area contributed by atoms with Gasteiger partial charge in [0, 0.05) is 7.05 Å². The number of hydrogen-bond acceptors (Lipinski definition) is 4. The fourth-order valence-electron chi connectivity index (χ4n) is 1.52. The number of carbonyl (C=O) groups is 2. The predicted octanol–water partition coefficient (Wildman–Crippen LogP) is -0.328. The quantitative estimate of drug-likeness (QED) is 0.619. The van der Waals surface area contributed by atoms with Crippen LogP contribution in [0.2, 0.25) is 0 Å². The van der Waals surface area contributed by atoms with E-state index in [1.807, 2.05) is 0 Å². The molecule has 86 valence electrons. The van der Waals surface area contributed by atoms with Gasteiger partial charge in [0.05, 0.1) is 6.54 Å². The monoisotopic (exact) mass is 232 g/mol. The normalized spacial score (nSPS) is 19.5. The highest BCUT2D eigenvalue weighted by Crippen LogP contribution is 2.27. The molecule has 0 unspecified atom stereocenters. The molecule has 3 N–H and O–H groups in total. The van der Waals surface area contributed by atoms with Crippen LogP contribution in [0, 0.1) is 0 Å². The minimum Gasteiger partial charge on any atom is -0.480 e. The van der Waals surface area contributed by atoms with Crippen LogP contribution in [0.15, 0.2) is 0 Å². The number of nitrogens with one attached hydrogen (secondary N) is 2. The molecule has 0 aromatic carbocycles. The van der Waals surface area contributed by atoms with Crippen LogP contribution in [0.25, 0.3) is 0 Å². The zero-order valence-electron chi connectivity index (χ0n) is 8.71. The van der Waals surface area contributed by atoms with Gasteiger partial charge >= 0.3 is 5.97 Å². The molecule has 1 fully saturated rings. The topological polar surface area (TPSA) is 78.4 Å². The average Bonchev–Trinajstić information content (AvgIpc) is 2.27. The van der Waals surface area contributed by atoms with Crippen LogP contribution in [0.4, 0.5) is 0 Å². The summed E-state index contributed by atoms with van der Waals surface area (Å²) in [4.78, 5) is 22.2. The van der Waals surface area contributed by atoms with E-state index in [4.69, 9.17) is 0 Å². The second-order valence-corrected chi connectivity index (χ2v) is 4.75. The molecule has 5 nitrogen and oxygen atoms in total. The smallest absolute Gasteiger partial charge is 0.323 e. The summed E-state index contributed by atoms with van der Waals surface area (Å²) in [6.45, 7) is 0.0630. The predicted molar refractivity (Wildman–Crippen MR) is 59.0 cm³/mol. The maximum atomic E-state index is 11.2. The van der Waals surface area contributed by atoms with Crippen molar-refractivity contribution in [3.63, 3.8) is 0 Å². The Morgan fingerprint density at radius 1 is 1.40 bits per heavy atom. The second-order valence-electron chi connectivity index (χ2n) is 3.53. The largest absolute Gasteiger partial charge is 0.480 e. The standard InChI is InChI=1S/C9H16N2O3S/c1-10-7(12)6-11-9(8(13)14)2-4-15-5-3-9/h11H,2-6H2,1H3,(H,10,12)(H,13,14). The Kier molecular flexibility index (Phi) is 4.41. The van der Waals surface area contributed by atoms with Crippen LogP contribution in [0.5, 0.6) is 0 Å². The van der Waals surface area contributed by atoms with E-state index in [1.165, 1.54) is 7.05 Å². The molecule has 0 aliphatic carbocycles. The number of carbonyl (C=O) groups excluding carboxylic acids is 1. The Hall–Kier alpha value is -0.750. The molecule has 1 heterocycles. The number of aliphatic carboxylic acids is 1. The van der Waals surface area contributed by atoms with E-state index < -0.39 is 11.5 Å². The first-order valence-corrected chi connectivity index (χ1v) is 6.03. The number of thioether (sulfide) groups is 1. The van der Waals surface area contributed by atoms with Crippen LogP contribution < -0.4 is 10.6 Å². The van der Waals surface area contributed by atoms with Crippen molar-refractivity contribution in [2.24, 2.45) is 0 Å². The molecule has 15 heavy (non-hydrogen) atoms. The number of carboxylic acid groups (broad SMARTS) is 1. The van der Waals surface area contributed by atoms with Crippen molar-refractivity contribution >= 4 is 23.6 Å². The number of rotatable bonds is 4. The Morgan fingerprint density at radius 3 is 2.47 bits per heavy atom. The molecule has 1 rings (SSSR count). The lowest BCUT2D eigenvalue weighted by Gasteiger charge is -2.33. The Labute approximate surface area is 93.0 Å². The fraction of sp³-hybridized carbons (Fsp3) is 0.778. The van der Waals surface area contributed by atoms with Gasteiger partial charge in [-0.3, -0.25) is 14.9 Å². The fourth-order valence-corrected chi connectivity index (χ4v) is 2.71. The van der Waals surface area contributed by atoms with E-state index in [2.05, 4.69) is 10.6 Å². The van der Waals surface area contributed by atoms with Gasteiger partial charge in [0.2, 0.25) is 5.91 Å². The van der Waals surface area contributed by atoms with Crippen molar-refractivity contribution in [3.8, 4) is 0 Å². The third-order valence-corrected chi connectivity index (χ3v) is 3.61. The summed E-state index contributed by atoms with van der Waals surface area (Å²) in [6, 6.07) is 0. The van der Waals surface area contributed by atoms with E-state index in [1.54, 1.807) is 11.8 Å². The Bertz CT molecular complexity index is 252. The molecular weight excluding hydrogens is 216 g/mol. The van der Waals surface area contributed by atoms with Gasteiger partial charge in [0.15, 0.2) is 0 Å². The van der Waals surface area contributed by atoms with Crippen molar-refractivity contribution in [1.29, 1.82) is 0 Å². The molecule has 0 saturated carbocycles. The first-order chi connectivity index (χ1) is 7.10. The van der Waals surface area contributed by atoms with Crippen molar-refractivity contribution in [2.75, 3.05) is 25.1 Å². The Balaban J connectivity index is 2.57. The molecule has 0 bridgehead atoms. The average molecular weight is 232 g/mol. The molecule has 1 aliphatic rings. The number of hydrogen-bond donors (Lipinski definition) is 3. The van der Waals surface area contributed by atoms with Crippen molar-refractivity contribution in [3.05, 3.63) is 0 Å². The molecule has 6 heteroatoms. The molecule has 0 aromatic rings. The highest BCUT2D eigenvalue weighted by atomic mass is 32.2. The maximum Gasteiger partial charge on any atom is 0.323 e. The van der Waals surface area contributed by atoms with Crippen molar-refractivity contribution < 1.29 is 14.7 Å². The summed E-state index contributed by atoms with van der Waals surface area (Å²) in [5.74, 6) is 0.612. The molecule has 0 radical (unpaired) electrons. The van der Waals surface area contributed by atoms with Crippen LogP contribution in [0.3, 0.4) is 0 Å². The van der Waals surface area contributed by atoms with Gasteiger partial charge in [-0.15, -0.1) is 0 Å². The van der Waals surface area contributed by atoms with E-state index in [9.17, 15) is 14.7 Å². The maximum absolute atomic E-state index is 11.2. The summed E-state index contributed by atoms with van der Waals surface area (Å²) in [7, 11) is 1.54. The van der Waals surface area contributed by atoms with Crippen LogP contribution >= 0.6 is 11.8 Å². The number of amides is 1.